The second-order valence-electron chi connectivity index (χ2n) is 6.30. The fourth-order valence-electron chi connectivity index (χ4n) is 3.16. The van der Waals surface area contributed by atoms with Crippen molar-refractivity contribution in [2.75, 3.05) is 26.7 Å². The summed E-state index contributed by atoms with van der Waals surface area (Å²) in [5.74, 6) is 1.49. The van der Waals surface area contributed by atoms with Gasteiger partial charge in [0, 0.05) is 12.1 Å². The second-order valence-corrected chi connectivity index (χ2v) is 6.30. The summed E-state index contributed by atoms with van der Waals surface area (Å²) in [5, 5.41) is 6.98. The van der Waals surface area contributed by atoms with E-state index in [1.807, 2.05) is 32.0 Å². The van der Waals surface area contributed by atoms with Crippen molar-refractivity contribution in [2.24, 2.45) is 0 Å². The number of nitrogens with one attached hydrogen (secondary N) is 1. The molecule has 1 unspecified atom stereocenters. The van der Waals surface area contributed by atoms with Crippen molar-refractivity contribution < 1.29 is 14.1 Å². The Morgan fingerprint density at radius 3 is 2.62 bits per heavy atom. The third-order valence-corrected chi connectivity index (χ3v) is 4.74. The molecule has 0 saturated carbocycles. The van der Waals surface area contributed by atoms with Crippen LogP contribution in [0.15, 0.2) is 28.8 Å². The van der Waals surface area contributed by atoms with Gasteiger partial charge in [-0.25, -0.2) is 0 Å². The van der Waals surface area contributed by atoms with Crippen LogP contribution in [-0.2, 0) is 11.2 Å². The first-order chi connectivity index (χ1) is 12.5. The number of methoxy groups -OCH3 is 1. The number of carbonyl (C=O) groups excluding carboxylic acids is 1. The van der Waals surface area contributed by atoms with Crippen molar-refractivity contribution in [1.29, 1.82) is 0 Å². The van der Waals surface area contributed by atoms with Crippen LogP contribution >= 0.6 is 0 Å². The van der Waals surface area contributed by atoms with E-state index in [0.29, 0.717) is 12.3 Å². The fraction of sp³-hybridized carbons (Fsp3) is 0.500. The van der Waals surface area contributed by atoms with Crippen LogP contribution in [0.2, 0.25) is 0 Å². The molecule has 1 aromatic heterocycles. The first-order valence-corrected chi connectivity index (χ1v) is 9.06. The molecule has 1 atom stereocenters. The van der Waals surface area contributed by atoms with E-state index in [4.69, 9.17) is 9.26 Å². The van der Waals surface area contributed by atoms with Crippen LogP contribution in [0.3, 0.4) is 0 Å². The van der Waals surface area contributed by atoms with Crippen molar-refractivity contribution in [3.63, 3.8) is 0 Å². The summed E-state index contributed by atoms with van der Waals surface area (Å²) in [6, 6.07) is 8.11. The number of ether oxygens (including phenoxy) is 1. The van der Waals surface area contributed by atoms with Gasteiger partial charge in [-0.2, -0.15) is 0 Å². The van der Waals surface area contributed by atoms with Crippen LogP contribution in [0.5, 0.6) is 5.75 Å². The van der Waals surface area contributed by atoms with Gasteiger partial charge >= 0.3 is 0 Å². The van der Waals surface area contributed by atoms with Crippen LogP contribution in [0, 0.1) is 13.8 Å². The van der Waals surface area contributed by atoms with Crippen LogP contribution in [0.1, 0.15) is 42.5 Å². The zero-order valence-corrected chi connectivity index (χ0v) is 16.3. The van der Waals surface area contributed by atoms with Crippen molar-refractivity contribution >= 4 is 5.91 Å². The highest BCUT2D eigenvalue weighted by Gasteiger charge is 2.20. The lowest BCUT2D eigenvalue weighted by atomic mass is 10.0. The number of benzene rings is 1. The molecule has 1 heterocycles. The van der Waals surface area contributed by atoms with Crippen molar-refractivity contribution in [3.05, 3.63) is 46.8 Å². The Kier molecular flexibility index (Phi) is 7.21. The summed E-state index contributed by atoms with van der Waals surface area (Å²) in [7, 11) is 1.66. The van der Waals surface area contributed by atoms with E-state index in [-0.39, 0.29) is 18.4 Å². The van der Waals surface area contributed by atoms with Gasteiger partial charge in [-0.1, -0.05) is 31.1 Å². The highest BCUT2D eigenvalue weighted by Crippen LogP contribution is 2.24. The quantitative estimate of drug-likeness (QED) is 0.745. The number of likely N-dealkylation sites (N-methyl/N-ethyl adjacent to an activating group) is 1. The van der Waals surface area contributed by atoms with Crippen LogP contribution < -0.4 is 10.1 Å². The zero-order chi connectivity index (χ0) is 19.1. The minimum atomic E-state index is -0.0283. The van der Waals surface area contributed by atoms with Crippen LogP contribution in [0.25, 0.3) is 0 Å². The third kappa shape index (κ3) is 4.85. The molecule has 0 aliphatic heterocycles. The van der Waals surface area contributed by atoms with E-state index in [1.165, 1.54) is 0 Å². The number of nitrogens with zero attached hydrogens (tertiary/aromatic N) is 2. The number of carbonyl (C=O) groups is 1. The number of hydrogen-bond acceptors (Lipinski definition) is 5. The van der Waals surface area contributed by atoms with Crippen LogP contribution in [0.4, 0.5) is 0 Å². The van der Waals surface area contributed by atoms with E-state index in [1.54, 1.807) is 7.11 Å². The Morgan fingerprint density at radius 2 is 2.04 bits per heavy atom. The van der Waals surface area contributed by atoms with Gasteiger partial charge in [0.1, 0.15) is 11.5 Å². The number of aromatic nitrogens is 1. The molecule has 142 valence electrons. The predicted molar refractivity (Wildman–Crippen MR) is 101 cm³/mol. The summed E-state index contributed by atoms with van der Waals surface area (Å²) in [5.41, 5.74) is 2.76. The molecular weight excluding hydrogens is 330 g/mol. The average Bonchev–Trinajstić information content (AvgIpc) is 2.97. The van der Waals surface area contributed by atoms with Gasteiger partial charge in [-0.05, 0) is 44.6 Å². The smallest absolute Gasteiger partial charge is 0.224 e. The molecule has 2 aromatic rings. The first kappa shape index (κ1) is 20.0. The van der Waals surface area contributed by atoms with E-state index in [0.717, 1.165) is 35.7 Å². The Bertz CT molecular complexity index is 703. The Morgan fingerprint density at radius 1 is 1.31 bits per heavy atom. The molecular formula is C20H29N3O3. The van der Waals surface area contributed by atoms with Gasteiger partial charge in [-0.3, -0.25) is 9.69 Å². The lowest BCUT2D eigenvalue weighted by Gasteiger charge is -2.30. The molecule has 6 heteroatoms. The molecule has 6 nitrogen and oxygen atoms in total. The molecule has 0 fully saturated rings. The maximum atomic E-state index is 12.4. The fourth-order valence-corrected chi connectivity index (χ4v) is 3.16. The summed E-state index contributed by atoms with van der Waals surface area (Å²) in [6.07, 6.45) is 0.282. The number of amides is 1. The molecule has 1 aromatic carbocycles. The molecule has 0 radical (unpaired) electrons. The van der Waals surface area contributed by atoms with Crippen molar-refractivity contribution in [3.8, 4) is 5.75 Å². The molecule has 0 aliphatic carbocycles. The summed E-state index contributed by atoms with van der Waals surface area (Å²) in [6.45, 7) is 10.3. The van der Waals surface area contributed by atoms with E-state index >= 15 is 0 Å². The first-order valence-electron chi connectivity index (χ1n) is 9.06. The van der Waals surface area contributed by atoms with Gasteiger partial charge in [-0.15, -0.1) is 0 Å². The molecule has 0 saturated heterocycles. The molecule has 1 amide bonds. The number of hydrogen-bond donors (Lipinski definition) is 1. The van der Waals surface area contributed by atoms with E-state index < -0.39 is 0 Å². The zero-order valence-electron chi connectivity index (χ0n) is 16.3. The Hall–Kier alpha value is -2.34. The largest absolute Gasteiger partial charge is 0.497 e. The van der Waals surface area contributed by atoms with Gasteiger partial charge in [0.05, 0.1) is 25.3 Å². The molecule has 26 heavy (non-hydrogen) atoms. The Balaban J connectivity index is 2.10. The average molecular weight is 359 g/mol. The lowest BCUT2D eigenvalue weighted by molar-refractivity contribution is -0.120. The maximum Gasteiger partial charge on any atom is 0.224 e. The van der Waals surface area contributed by atoms with Crippen LogP contribution in [-0.4, -0.2) is 42.7 Å². The summed E-state index contributed by atoms with van der Waals surface area (Å²) >= 11 is 0. The topological polar surface area (TPSA) is 67.6 Å². The second kappa shape index (κ2) is 9.38. The molecule has 0 spiro atoms. The lowest BCUT2D eigenvalue weighted by Crippen LogP contribution is -2.38. The third-order valence-electron chi connectivity index (χ3n) is 4.74. The summed E-state index contributed by atoms with van der Waals surface area (Å²) < 4.78 is 10.5. The monoisotopic (exact) mass is 359 g/mol. The maximum absolute atomic E-state index is 12.4. The molecule has 2 rings (SSSR count). The van der Waals surface area contributed by atoms with Gasteiger partial charge in [0.25, 0.3) is 0 Å². The van der Waals surface area contributed by atoms with E-state index in [2.05, 4.69) is 35.3 Å². The Labute approximate surface area is 155 Å². The number of aryl methyl sites for hydroxylation is 2. The highest BCUT2D eigenvalue weighted by molar-refractivity contribution is 5.79. The summed E-state index contributed by atoms with van der Waals surface area (Å²) in [4.78, 5) is 14.8. The molecule has 1 N–H and O–H groups in total. The van der Waals surface area contributed by atoms with Gasteiger partial charge in [0.2, 0.25) is 5.91 Å². The minimum Gasteiger partial charge on any atom is -0.497 e. The van der Waals surface area contributed by atoms with Crippen molar-refractivity contribution in [2.45, 2.75) is 40.2 Å². The standard InChI is InChI=1S/C20H29N3O3/c1-6-23(7-2)19(16-9-8-10-17(11-16)25-5)13-21-20(24)12-18-14(3)22-26-15(18)4/h8-11,19H,6-7,12-13H2,1-5H3,(H,21,24). The minimum absolute atomic E-state index is 0.0283. The molecule has 0 bridgehead atoms. The highest BCUT2D eigenvalue weighted by atomic mass is 16.5. The molecule has 0 aliphatic rings. The number of rotatable bonds is 9. The SMILES string of the molecule is CCN(CC)C(CNC(=O)Cc1c(C)noc1C)c1cccc(OC)c1. The predicted octanol–water partition coefficient (Wildman–Crippen LogP) is 3.04. The van der Waals surface area contributed by atoms with Gasteiger partial charge < -0.3 is 14.6 Å². The normalized spacial score (nSPS) is 12.2. The van der Waals surface area contributed by atoms with Gasteiger partial charge in [0.15, 0.2) is 0 Å². The van der Waals surface area contributed by atoms with Crippen molar-refractivity contribution in [1.82, 2.24) is 15.4 Å². The van der Waals surface area contributed by atoms with E-state index in [9.17, 15) is 4.79 Å².